The van der Waals surface area contributed by atoms with Gasteiger partial charge in [-0.15, -0.1) is 5.10 Å². The highest BCUT2D eigenvalue weighted by Crippen LogP contribution is 2.30. The first kappa shape index (κ1) is 18.3. The molecule has 3 rings (SSSR count). The van der Waals surface area contributed by atoms with Crippen LogP contribution in [0.2, 0.25) is 0 Å². The number of aryl methyl sites for hydroxylation is 2. The molecule has 1 N–H and O–H groups in total. The molecule has 2 aromatic rings. The summed E-state index contributed by atoms with van der Waals surface area (Å²) in [6.45, 7) is 3.67. The van der Waals surface area contributed by atoms with Crippen molar-refractivity contribution < 1.29 is 14.6 Å². The maximum atomic E-state index is 11.5. The minimum Gasteiger partial charge on any atom is -0.469 e. The number of aromatic nitrogens is 4. The quantitative estimate of drug-likeness (QED) is 0.778. The Kier molecular flexibility index (Phi) is 5.51. The zero-order valence-corrected chi connectivity index (χ0v) is 15.5. The maximum Gasteiger partial charge on any atom is 0.305 e. The maximum absolute atomic E-state index is 11.5. The van der Waals surface area contributed by atoms with Gasteiger partial charge in [0.1, 0.15) is 5.69 Å². The van der Waals surface area contributed by atoms with Gasteiger partial charge in [0.2, 0.25) is 0 Å². The normalized spacial score (nSPS) is 16.9. The minimum absolute atomic E-state index is 0.134. The lowest BCUT2D eigenvalue weighted by atomic mass is 10.1. The number of hydrogen-bond donors (Lipinski definition) is 1. The van der Waals surface area contributed by atoms with Crippen LogP contribution < -0.4 is 4.90 Å². The smallest absolute Gasteiger partial charge is 0.305 e. The predicted octanol–water partition coefficient (Wildman–Crippen LogP) is 1.32. The SMILES string of the molecule is CCc1nc(-c2nnn(C)c2CO)ccc1N1CC[C@@H](CC(=O)OC)C1. The van der Waals surface area contributed by atoms with E-state index in [1.165, 1.54) is 7.11 Å². The van der Waals surface area contributed by atoms with Crippen LogP contribution in [0.15, 0.2) is 12.1 Å². The molecule has 0 aromatic carbocycles. The molecule has 0 unspecified atom stereocenters. The van der Waals surface area contributed by atoms with Crippen LogP contribution in [0.3, 0.4) is 0 Å². The molecule has 0 bridgehead atoms. The van der Waals surface area contributed by atoms with Crippen molar-refractivity contribution in [1.29, 1.82) is 0 Å². The van der Waals surface area contributed by atoms with Gasteiger partial charge < -0.3 is 14.7 Å². The van der Waals surface area contributed by atoms with Crippen molar-refractivity contribution in [3.8, 4) is 11.4 Å². The highest BCUT2D eigenvalue weighted by atomic mass is 16.5. The Labute approximate surface area is 152 Å². The molecular formula is C18H25N5O3. The number of aliphatic hydroxyl groups excluding tert-OH is 1. The van der Waals surface area contributed by atoms with Crippen LogP contribution in [0.25, 0.3) is 11.4 Å². The molecule has 8 nitrogen and oxygen atoms in total. The Bertz CT molecular complexity index is 789. The number of pyridine rings is 1. The Balaban J connectivity index is 1.83. The van der Waals surface area contributed by atoms with Crippen molar-refractivity contribution in [2.45, 2.75) is 32.8 Å². The fourth-order valence-electron chi connectivity index (χ4n) is 3.46. The highest BCUT2D eigenvalue weighted by molar-refractivity contribution is 5.70. The average molecular weight is 359 g/mol. The van der Waals surface area contributed by atoms with Crippen LogP contribution in [0, 0.1) is 5.92 Å². The lowest BCUT2D eigenvalue weighted by Crippen LogP contribution is -2.22. The summed E-state index contributed by atoms with van der Waals surface area (Å²) >= 11 is 0. The molecular weight excluding hydrogens is 334 g/mol. The number of rotatable bonds is 6. The van der Waals surface area contributed by atoms with Gasteiger partial charge in [-0.05, 0) is 30.9 Å². The standard InChI is InChI=1S/C18H25N5O3/c1-4-13-15(23-8-7-12(10-23)9-17(25)26-3)6-5-14(19-13)18-16(11-24)22(2)21-20-18/h5-6,12,24H,4,7-11H2,1-3H3/t12-/m0/s1. The van der Waals surface area contributed by atoms with Crippen LogP contribution >= 0.6 is 0 Å². The molecule has 0 spiro atoms. The van der Waals surface area contributed by atoms with E-state index in [1.54, 1.807) is 11.7 Å². The number of aliphatic hydroxyl groups is 1. The summed E-state index contributed by atoms with van der Waals surface area (Å²) in [7, 11) is 3.18. The number of anilines is 1. The fourth-order valence-corrected chi connectivity index (χ4v) is 3.46. The summed E-state index contributed by atoms with van der Waals surface area (Å²) in [5.41, 5.74) is 4.05. The first-order chi connectivity index (χ1) is 12.6. The van der Waals surface area contributed by atoms with Gasteiger partial charge in [-0.3, -0.25) is 4.79 Å². The number of esters is 1. The Hall–Kier alpha value is -2.48. The van der Waals surface area contributed by atoms with Gasteiger partial charge in [0.25, 0.3) is 0 Å². The van der Waals surface area contributed by atoms with Gasteiger partial charge in [0.15, 0.2) is 0 Å². The van der Waals surface area contributed by atoms with E-state index >= 15 is 0 Å². The second-order valence-corrected chi connectivity index (χ2v) is 6.56. The van der Waals surface area contributed by atoms with Gasteiger partial charge in [0, 0.05) is 20.1 Å². The number of carbonyl (C=O) groups excluding carboxylic acids is 1. The molecule has 0 amide bonds. The Morgan fingerprint density at radius 3 is 2.92 bits per heavy atom. The van der Waals surface area contributed by atoms with Crippen LogP contribution in [0.4, 0.5) is 5.69 Å². The predicted molar refractivity (Wildman–Crippen MR) is 96.5 cm³/mol. The van der Waals surface area contributed by atoms with Gasteiger partial charge >= 0.3 is 5.97 Å². The fraction of sp³-hybridized carbons (Fsp3) is 0.556. The molecule has 140 valence electrons. The number of hydrogen-bond acceptors (Lipinski definition) is 7. The van der Waals surface area contributed by atoms with Crippen molar-refractivity contribution in [2.24, 2.45) is 13.0 Å². The lowest BCUT2D eigenvalue weighted by molar-refractivity contribution is -0.141. The Morgan fingerprint density at radius 2 is 2.23 bits per heavy atom. The summed E-state index contributed by atoms with van der Waals surface area (Å²) in [6, 6.07) is 3.98. The number of carbonyl (C=O) groups is 1. The van der Waals surface area contributed by atoms with E-state index in [-0.39, 0.29) is 12.6 Å². The van der Waals surface area contributed by atoms with E-state index < -0.39 is 0 Å². The van der Waals surface area contributed by atoms with Crippen molar-refractivity contribution in [2.75, 3.05) is 25.1 Å². The average Bonchev–Trinajstić information content (AvgIpc) is 3.27. The van der Waals surface area contributed by atoms with Gasteiger partial charge in [-0.1, -0.05) is 12.1 Å². The highest BCUT2D eigenvalue weighted by Gasteiger charge is 2.27. The number of ether oxygens (including phenoxy) is 1. The molecule has 3 heterocycles. The molecule has 0 aliphatic carbocycles. The molecule has 0 radical (unpaired) electrons. The van der Waals surface area contributed by atoms with Gasteiger partial charge in [-0.25, -0.2) is 9.67 Å². The molecule has 1 aliphatic heterocycles. The largest absolute Gasteiger partial charge is 0.469 e. The molecule has 1 fully saturated rings. The van der Waals surface area contributed by atoms with Crippen LogP contribution in [-0.2, 0) is 29.6 Å². The zero-order valence-electron chi connectivity index (χ0n) is 15.5. The van der Waals surface area contributed by atoms with E-state index in [0.29, 0.717) is 29.4 Å². The van der Waals surface area contributed by atoms with Crippen molar-refractivity contribution in [1.82, 2.24) is 20.0 Å². The molecule has 0 saturated carbocycles. The van der Waals surface area contributed by atoms with E-state index in [2.05, 4.69) is 28.2 Å². The topological polar surface area (TPSA) is 93.4 Å². The zero-order chi connectivity index (χ0) is 18.7. The van der Waals surface area contributed by atoms with Crippen molar-refractivity contribution in [3.05, 3.63) is 23.5 Å². The number of nitrogens with zero attached hydrogens (tertiary/aromatic N) is 5. The van der Waals surface area contributed by atoms with Crippen molar-refractivity contribution >= 4 is 11.7 Å². The summed E-state index contributed by atoms with van der Waals surface area (Å²) in [4.78, 5) is 18.6. The van der Waals surface area contributed by atoms with Crippen LogP contribution in [0.1, 0.15) is 31.2 Å². The van der Waals surface area contributed by atoms with Crippen molar-refractivity contribution in [3.63, 3.8) is 0 Å². The monoisotopic (exact) mass is 359 g/mol. The first-order valence-electron chi connectivity index (χ1n) is 8.88. The molecule has 1 aliphatic rings. The first-order valence-corrected chi connectivity index (χ1v) is 8.88. The van der Waals surface area contributed by atoms with E-state index in [0.717, 1.165) is 37.3 Å². The second-order valence-electron chi connectivity index (χ2n) is 6.56. The third kappa shape index (κ3) is 3.55. The van der Waals surface area contributed by atoms with Crippen LogP contribution in [-0.4, -0.2) is 51.3 Å². The molecule has 8 heteroatoms. The summed E-state index contributed by atoms with van der Waals surface area (Å²) < 4.78 is 6.35. The van der Waals surface area contributed by atoms with Gasteiger partial charge in [-0.2, -0.15) is 0 Å². The third-order valence-electron chi connectivity index (χ3n) is 4.93. The van der Waals surface area contributed by atoms with E-state index in [4.69, 9.17) is 9.72 Å². The summed E-state index contributed by atoms with van der Waals surface area (Å²) in [5, 5.41) is 17.7. The second kappa shape index (κ2) is 7.82. The molecule has 2 aromatic heterocycles. The summed E-state index contributed by atoms with van der Waals surface area (Å²) in [6.07, 6.45) is 2.22. The lowest BCUT2D eigenvalue weighted by Gasteiger charge is -2.21. The Morgan fingerprint density at radius 1 is 1.42 bits per heavy atom. The van der Waals surface area contributed by atoms with E-state index in [9.17, 15) is 9.90 Å². The van der Waals surface area contributed by atoms with Gasteiger partial charge in [0.05, 0.1) is 42.9 Å². The molecule has 26 heavy (non-hydrogen) atoms. The third-order valence-corrected chi connectivity index (χ3v) is 4.93. The number of methoxy groups -OCH3 is 1. The minimum atomic E-state index is -0.153. The summed E-state index contributed by atoms with van der Waals surface area (Å²) in [5.74, 6) is 0.160. The van der Waals surface area contributed by atoms with E-state index in [1.807, 2.05) is 6.07 Å². The molecule has 1 saturated heterocycles. The molecule has 1 atom stereocenters. The van der Waals surface area contributed by atoms with Crippen LogP contribution in [0.5, 0.6) is 0 Å².